The number of carbonyl (C=O) groups excluding carboxylic acids is 1. The Bertz CT molecular complexity index is 1110. The number of rotatable bonds is 2. The van der Waals surface area contributed by atoms with Crippen LogP contribution in [0.15, 0.2) is 113 Å². The summed E-state index contributed by atoms with van der Waals surface area (Å²) < 4.78 is 11.5. The summed E-state index contributed by atoms with van der Waals surface area (Å²) in [5.74, 6) is 1.56. The normalized spacial score (nSPS) is 15.7. The molecule has 32 heavy (non-hydrogen) atoms. The zero-order valence-electron chi connectivity index (χ0n) is 18.4. The molecule has 1 aliphatic heterocycles. The van der Waals surface area contributed by atoms with Crippen LogP contribution in [0.5, 0.6) is 0 Å². The van der Waals surface area contributed by atoms with E-state index < -0.39 is 11.7 Å². The molecule has 2 aliphatic rings. The van der Waals surface area contributed by atoms with Crippen molar-refractivity contribution < 1.29 is 14.3 Å². The maximum atomic E-state index is 12.0. The molecule has 0 saturated carbocycles. The van der Waals surface area contributed by atoms with E-state index in [9.17, 15) is 4.79 Å². The van der Waals surface area contributed by atoms with E-state index >= 15 is 0 Å². The highest BCUT2D eigenvalue weighted by Gasteiger charge is 2.18. The van der Waals surface area contributed by atoms with E-state index in [-0.39, 0.29) is 0 Å². The van der Waals surface area contributed by atoms with Gasteiger partial charge in [0.15, 0.2) is 0 Å². The lowest BCUT2D eigenvalue weighted by Crippen LogP contribution is -2.22. The van der Waals surface area contributed by atoms with Gasteiger partial charge in [0.05, 0.1) is 5.71 Å². The van der Waals surface area contributed by atoms with Gasteiger partial charge in [0.2, 0.25) is 0 Å². The molecule has 0 N–H and O–H groups in total. The highest BCUT2D eigenvalue weighted by molar-refractivity contribution is 6.10. The van der Waals surface area contributed by atoms with Crippen molar-refractivity contribution in [2.45, 2.75) is 26.4 Å². The van der Waals surface area contributed by atoms with Crippen LogP contribution in [-0.2, 0) is 9.47 Å². The van der Waals surface area contributed by atoms with Crippen molar-refractivity contribution >= 4 is 23.3 Å². The van der Waals surface area contributed by atoms with Crippen molar-refractivity contribution in [2.24, 2.45) is 4.99 Å². The number of benzene rings is 2. The number of allylic oxidation sites excluding steroid dienone is 8. The van der Waals surface area contributed by atoms with Crippen molar-refractivity contribution in [3.63, 3.8) is 0 Å². The first-order chi connectivity index (χ1) is 15.4. The highest BCUT2D eigenvalue weighted by Crippen LogP contribution is 2.33. The molecule has 160 valence electrons. The standard InChI is InChI=1S/C28H25NO3/c1-28(2,3)32-27(30)29-24-16-14-20(15-17-24)23-18-25(21-10-6-4-7-11-21)31-26(19-23)22-12-8-5-9-13-22/h4-19H,1-3H3. The van der Waals surface area contributed by atoms with Crippen LogP contribution in [0, 0.1) is 0 Å². The molecule has 4 rings (SSSR count). The largest absolute Gasteiger partial charge is 0.456 e. The van der Waals surface area contributed by atoms with Crippen LogP contribution in [0.25, 0.3) is 11.5 Å². The quantitative estimate of drug-likeness (QED) is 0.528. The monoisotopic (exact) mass is 423 g/mol. The minimum atomic E-state index is -0.596. The third-order valence-electron chi connectivity index (χ3n) is 4.72. The van der Waals surface area contributed by atoms with Gasteiger partial charge >= 0.3 is 6.09 Å². The van der Waals surface area contributed by atoms with Gasteiger partial charge in [-0.1, -0.05) is 72.8 Å². The van der Waals surface area contributed by atoms with E-state index in [1.807, 2.05) is 118 Å². The third-order valence-corrected chi connectivity index (χ3v) is 4.72. The Morgan fingerprint density at radius 3 is 1.72 bits per heavy atom. The van der Waals surface area contributed by atoms with Gasteiger partial charge < -0.3 is 9.47 Å². The summed E-state index contributed by atoms with van der Waals surface area (Å²) in [6, 6.07) is 20.1. The fourth-order valence-electron chi connectivity index (χ4n) is 3.28. The first kappa shape index (κ1) is 21.3. The number of hydrogen-bond acceptors (Lipinski definition) is 3. The molecule has 0 spiro atoms. The summed E-state index contributed by atoms with van der Waals surface area (Å²) in [7, 11) is 0. The number of amides is 1. The Labute approximate surface area is 188 Å². The molecule has 4 nitrogen and oxygen atoms in total. The third kappa shape index (κ3) is 5.41. The highest BCUT2D eigenvalue weighted by atomic mass is 16.6. The van der Waals surface area contributed by atoms with Gasteiger partial charge in [-0.2, -0.15) is 4.99 Å². The summed E-state index contributed by atoms with van der Waals surface area (Å²) in [6.45, 7) is 5.45. The van der Waals surface area contributed by atoms with Gasteiger partial charge in [-0.05, 0) is 56.2 Å². The number of carbonyl (C=O) groups is 1. The van der Waals surface area contributed by atoms with Crippen LogP contribution in [0.4, 0.5) is 4.79 Å². The predicted molar refractivity (Wildman–Crippen MR) is 129 cm³/mol. The lowest BCUT2D eigenvalue weighted by atomic mass is 9.97. The summed E-state index contributed by atoms with van der Waals surface area (Å²) in [5.41, 5.74) is 3.99. The summed E-state index contributed by atoms with van der Waals surface area (Å²) in [4.78, 5) is 16.0. The Balaban J connectivity index is 1.67. The minimum Gasteiger partial charge on any atom is -0.456 e. The fraction of sp³-hybridized carbons (Fsp3) is 0.143. The molecular weight excluding hydrogens is 398 g/mol. The molecule has 0 bridgehead atoms. The van der Waals surface area contributed by atoms with Crippen molar-refractivity contribution in [3.8, 4) is 0 Å². The zero-order chi connectivity index (χ0) is 22.6. The lowest BCUT2D eigenvalue weighted by Gasteiger charge is -2.20. The first-order valence-electron chi connectivity index (χ1n) is 10.5. The molecule has 0 saturated heterocycles. The van der Waals surface area contributed by atoms with Gasteiger partial charge in [-0.25, -0.2) is 4.79 Å². The average Bonchev–Trinajstić information content (AvgIpc) is 2.79. The van der Waals surface area contributed by atoms with Gasteiger partial charge in [0, 0.05) is 11.1 Å². The summed E-state index contributed by atoms with van der Waals surface area (Å²) in [5, 5.41) is 0. The molecule has 0 unspecified atom stereocenters. The maximum Gasteiger partial charge on any atom is 0.434 e. The average molecular weight is 424 g/mol. The van der Waals surface area contributed by atoms with Gasteiger partial charge in [0.25, 0.3) is 0 Å². The van der Waals surface area contributed by atoms with E-state index in [0.29, 0.717) is 5.71 Å². The van der Waals surface area contributed by atoms with Crippen LogP contribution in [0.1, 0.15) is 31.9 Å². The van der Waals surface area contributed by atoms with Crippen LogP contribution in [0.2, 0.25) is 0 Å². The smallest absolute Gasteiger partial charge is 0.434 e. The Morgan fingerprint density at radius 2 is 1.25 bits per heavy atom. The second-order valence-electron chi connectivity index (χ2n) is 8.45. The fourth-order valence-corrected chi connectivity index (χ4v) is 3.28. The van der Waals surface area contributed by atoms with E-state index in [1.165, 1.54) is 0 Å². The Morgan fingerprint density at radius 1 is 0.750 bits per heavy atom. The van der Waals surface area contributed by atoms with Crippen LogP contribution in [-0.4, -0.2) is 17.4 Å². The van der Waals surface area contributed by atoms with E-state index in [4.69, 9.17) is 9.47 Å². The molecular formula is C28H25NO3. The van der Waals surface area contributed by atoms with Crippen LogP contribution in [0.3, 0.4) is 0 Å². The zero-order valence-corrected chi connectivity index (χ0v) is 18.4. The van der Waals surface area contributed by atoms with Crippen molar-refractivity contribution in [2.75, 3.05) is 0 Å². The maximum absolute atomic E-state index is 12.0. The molecule has 0 fully saturated rings. The molecule has 4 heteroatoms. The van der Waals surface area contributed by atoms with Crippen molar-refractivity contribution in [3.05, 3.63) is 119 Å². The molecule has 1 aliphatic carbocycles. The number of nitrogens with zero attached hydrogens (tertiary/aromatic N) is 1. The van der Waals surface area contributed by atoms with Crippen LogP contribution < -0.4 is 0 Å². The van der Waals surface area contributed by atoms with Crippen molar-refractivity contribution in [1.29, 1.82) is 0 Å². The van der Waals surface area contributed by atoms with E-state index in [2.05, 4.69) is 4.99 Å². The minimum absolute atomic E-state index is 0.551. The van der Waals surface area contributed by atoms with Gasteiger partial charge in [0.1, 0.15) is 17.1 Å². The first-order valence-corrected chi connectivity index (χ1v) is 10.5. The van der Waals surface area contributed by atoms with E-state index in [1.54, 1.807) is 0 Å². The topological polar surface area (TPSA) is 47.9 Å². The molecule has 1 amide bonds. The lowest BCUT2D eigenvalue weighted by molar-refractivity contribution is 0.0604. The summed E-state index contributed by atoms with van der Waals surface area (Å²) in [6.07, 6.45) is 11.0. The molecule has 2 aromatic rings. The van der Waals surface area contributed by atoms with Crippen LogP contribution >= 0.6 is 0 Å². The molecule has 0 aromatic heterocycles. The van der Waals surface area contributed by atoms with Gasteiger partial charge in [-0.3, -0.25) is 0 Å². The predicted octanol–water partition coefficient (Wildman–Crippen LogP) is 6.90. The molecule has 2 aromatic carbocycles. The second kappa shape index (κ2) is 9.06. The molecule has 0 atom stereocenters. The number of aliphatic imine (C=N–C) groups is 1. The second-order valence-corrected chi connectivity index (χ2v) is 8.45. The molecule has 0 radical (unpaired) electrons. The SMILES string of the molecule is CC(C)(C)OC(=O)N=C1C=CC(=C2C=C(c3ccccc3)OC(c3ccccc3)=C2)C=C1. The van der Waals surface area contributed by atoms with E-state index in [0.717, 1.165) is 33.8 Å². The Kier molecular flexibility index (Phi) is 6.04. The van der Waals surface area contributed by atoms with Crippen molar-refractivity contribution in [1.82, 2.24) is 0 Å². The van der Waals surface area contributed by atoms with Gasteiger partial charge in [-0.15, -0.1) is 0 Å². The summed E-state index contributed by atoms with van der Waals surface area (Å²) >= 11 is 0. The number of ether oxygens (including phenoxy) is 2. The molecule has 1 heterocycles. The number of hydrogen-bond donors (Lipinski definition) is 0. The Hall–Kier alpha value is -3.92.